The molecular formula is C20H20ClN5O2. The number of benzene rings is 1. The highest BCUT2D eigenvalue weighted by atomic mass is 35.5. The first-order valence-corrected chi connectivity index (χ1v) is 9.24. The Morgan fingerprint density at radius 3 is 2.64 bits per heavy atom. The predicted molar refractivity (Wildman–Crippen MR) is 107 cm³/mol. The molecule has 4 rings (SSSR count). The lowest BCUT2D eigenvalue weighted by atomic mass is 10.0. The molecule has 0 saturated carbocycles. The molecule has 0 saturated heterocycles. The Hall–Kier alpha value is -2.90. The van der Waals surface area contributed by atoms with Gasteiger partial charge in [-0.15, -0.1) is 0 Å². The molecule has 28 heavy (non-hydrogen) atoms. The van der Waals surface area contributed by atoms with Crippen LogP contribution in [0.5, 0.6) is 5.88 Å². The second-order valence-electron chi connectivity index (χ2n) is 6.55. The van der Waals surface area contributed by atoms with Crippen LogP contribution >= 0.6 is 11.6 Å². The number of aromatic nitrogens is 3. The summed E-state index contributed by atoms with van der Waals surface area (Å²) in [4.78, 5) is 19.4. The molecule has 144 valence electrons. The highest BCUT2D eigenvalue weighted by molar-refractivity contribution is 6.30. The van der Waals surface area contributed by atoms with Crippen LogP contribution in [0.3, 0.4) is 0 Å². The number of rotatable bonds is 4. The summed E-state index contributed by atoms with van der Waals surface area (Å²) in [7, 11) is 1.59. The molecule has 8 heteroatoms. The molecule has 1 aliphatic heterocycles. The van der Waals surface area contributed by atoms with Crippen LogP contribution in [0.1, 0.15) is 29.9 Å². The minimum absolute atomic E-state index is 0.139. The quantitative estimate of drug-likeness (QED) is 0.727. The van der Waals surface area contributed by atoms with Crippen LogP contribution in [0.15, 0.2) is 53.9 Å². The molecule has 2 atom stereocenters. The molecule has 0 amide bonds. The van der Waals surface area contributed by atoms with Crippen molar-refractivity contribution in [3.8, 4) is 11.6 Å². The number of aryl methyl sites for hydroxylation is 1. The van der Waals surface area contributed by atoms with Gasteiger partial charge in [-0.05, 0) is 43.7 Å². The topological polar surface area (TPSA) is 73.6 Å². The molecule has 1 N–H and O–H groups in total. The average molecular weight is 398 g/mol. The summed E-state index contributed by atoms with van der Waals surface area (Å²) in [6, 6.07) is 11.2. The molecule has 1 aliphatic rings. The van der Waals surface area contributed by atoms with E-state index in [1.165, 1.54) is 0 Å². The van der Waals surface area contributed by atoms with Gasteiger partial charge < -0.3 is 9.30 Å². The van der Waals surface area contributed by atoms with Gasteiger partial charge in [0.1, 0.15) is 23.5 Å². The maximum absolute atomic E-state index is 6.00. The van der Waals surface area contributed by atoms with Gasteiger partial charge in [0.15, 0.2) is 5.84 Å². The number of hydrogen-bond donors (Lipinski definition) is 1. The van der Waals surface area contributed by atoms with Crippen molar-refractivity contribution in [3.63, 3.8) is 0 Å². The summed E-state index contributed by atoms with van der Waals surface area (Å²) in [5, 5.41) is 0.687. The maximum atomic E-state index is 6.00. The fourth-order valence-electron chi connectivity index (χ4n) is 3.07. The number of aliphatic imine (C=N–C) groups is 1. The van der Waals surface area contributed by atoms with Gasteiger partial charge in [-0.3, -0.25) is 9.83 Å². The maximum Gasteiger partial charge on any atom is 0.238 e. The molecule has 1 aromatic carbocycles. The monoisotopic (exact) mass is 397 g/mol. The number of hydroxylamine groups is 1. The summed E-state index contributed by atoms with van der Waals surface area (Å²) in [6.45, 7) is 3.89. The van der Waals surface area contributed by atoms with Crippen molar-refractivity contribution in [3.05, 3.63) is 70.9 Å². The van der Waals surface area contributed by atoms with E-state index in [1.807, 2.05) is 61.0 Å². The smallest absolute Gasteiger partial charge is 0.238 e. The van der Waals surface area contributed by atoms with Crippen LogP contribution in [-0.2, 0) is 4.84 Å². The second-order valence-corrected chi connectivity index (χ2v) is 6.98. The molecule has 0 radical (unpaired) electrons. The highest BCUT2D eigenvalue weighted by Gasteiger charge is 2.26. The van der Waals surface area contributed by atoms with Crippen LogP contribution in [0.2, 0.25) is 5.02 Å². The third-order valence-corrected chi connectivity index (χ3v) is 4.78. The molecular weight excluding hydrogens is 378 g/mol. The van der Waals surface area contributed by atoms with Crippen LogP contribution in [0, 0.1) is 6.92 Å². The Bertz CT molecular complexity index is 1020. The predicted octanol–water partition coefficient (Wildman–Crippen LogP) is 3.65. The summed E-state index contributed by atoms with van der Waals surface area (Å²) in [5.74, 6) is 1.02. The summed E-state index contributed by atoms with van der Waals surface area (Å²) in [5.41, 5.74) is 6.26. The van der Waals surface area contributed by atoms with Crippen LogP contribution in [0.4, 0.5) is 0 Å². The Kier molecular flexibility index (Phi) is 5.02. The van der Waals surface area contributed by atoms with Crippen molar-refractivity contribution in [2.75, 3.05) is 7.11 Å². The van der Waals surface area contributed by atoms with Gasteiger partial charge in [0, 0.05) is 11.2 Å². The molecule has 7 nitrogen and oxygen atoms in total. The van der Waals surface area contributed by atoms with Crippen LogP contribution < -0.4 is 10.2 Å². The summed E-state index contributed by atoms with van der Waals surface area (Å²) >= 11 is 6.00. The molecule has 3 heterocycles. The van der Waals surface area contributed by atoms with Gasteiger partial charge in [0.05, 0.1) is 19.1 Å². The zero-order valence-corrected chi connectivity index (χ0v) is 16.5. The van der Waals surface area contributed by atoms with E-state index in [4.69, 9.17) is 26.2 Å². The van der Waals surface area contributed by atoms with Crippen LogP contribution in [0.25, 0.3) is 5.69 Å². The number of pyridine rings is 1. The minimum atomic E-state index is -0.169. The number of nitrogens with zero attached hydrogens (tertiary/aromatic N) is 4. The zero-order chi connectivity index (χ0) is 19.7. The third kappa shape index (κ3) is 3.58. The van der Waals surface area contributed by atoms with Gasteiger partial charge in [0.25, 0.3) is 0 Å². The van der Waals surface area contributed by atoms with E-state index in [2.05, 4.69) is 15.4 Å². The van der Waals surface area contributed by atoms with Crippen molar-refractivity contribution in [1.82, 2.24) is 20.0 Å². The first-order valence-electron chi connectivity index (χ1n) is 8.86. The highest BCUT2D eigenvalue weighted by Crippen LogP contribution is 2.28. The lowest BCUT2D eigenvalue weighted by Crippen LogP contribution is -2.38. The van der Waals surface area contributed by atoms with E-state index in [9.17, 15) is 0 Å². The third-order valence-electron chi connectivity index (χ3n) is 4.53. The van der Waals surface area contributed by atoms with Crippen molar-refractivity contribution in [2.45, 2.75) is 26.0 Å². The number of nitrogens with one attached hydrogen (secondary N) is 1. The molecule has 0 spiro atoms. The van der Waals surface area contributed by atoms with E-state index in [1.54, 1.807) is 13.4 Å². The summed E-state index contributed by atoms with van der Waals surface area (Å²) < 4.78 is 7.36. The fourth-order valence-corrected chi connectivity index (χ4v) is 3.20. The van der Waals surface area contributed by atoms with E-state index < -0.39 is 0 Å². The summed E-state index contributed by atoms with van der Waals surface area (Å²) in [6.07, 6.45) is 3.50. The number of halogens is 1. The number of methoxy groups -OCH3 is 1. The molecule has 0 aliphatic carbocycles. The lowest BCUT2D eigenvalue weighted by molar-refractivity contribution is -0.00478. The Morgan fingerprint density at radius 2 is 1.96 bits per heavy atom. The van der Waals surface area contributed by atoms with Gasteiger partial charge in [-0.25, -0.2) is 15.4 Å². The number of imidazole rings is 1. The van der Waals surface area contributed by atoms with Crippen molar-refractivity contribution >= 4 is 17.4 Å². The van der Waals surface area contributed by atoms with Gasteiger partial charge in [0.2, 0.25) is 5.88 Å². The van der Waals surface area contributed by atoms with Crippen molar-refractivity contribution < 1.29 is 9.57 Å². The van der Waals surface area contributed by atoms with E-state index >= 15 is 0 Å². The SMILES string of the molecule is COc1nc(C2=N[C@@H](c3ccc(Cl)cc3)[C@H](C)ON2)ccc1-n1cnc(C)c1. The van der Waals surface area contributed by atoms with Crippen molar-refractivity contribution in [1.29, 1.82) is 0 Å². The van der Waals surface area contributed by atoms with E-state index in [0.29, 0.717) is 22.4 Å². The standard InChI is InChI=1S/C20H20ClN5O2/c1-12-10-26(11-22-12)17-9-8-16(23-20(17)27-3)19-24-18(13(2)28-25-19)14-4-6-15(21)7-5-14/h4-11,13,18H,1-3H3,(H,24,25)/t13-,18+/m0/s1. The normalized spacial score (nSPS) is 19.1. The number of hydrogen-bond acceptors (Lipinski definition) is 6. The minimum Gasteiger partial charge on any atom is -0.479 e. The van der Waals surface area contributed by atoms with E-state index in [-0.39, 0.29) is 12.1 Å². The van der Waals surface area contributed by atoms with Gasteiger partial charge in [-0.1, -0.05) is 23.7 Å². The second kappa shape index (κ2) is 7.61. The van der Waals surface area contributed by atoms with Crippen molar-refractivity contribution in [2.24, 2.45) is 4.99 Å². The van der Waals surface area contributed by atoms with Gasteiger partial charge in [-0.2, -0.15) is 0 Å². The Morgan fingerprint density at radius 1 is 1.18 bits per heavy atom. The zero-order valence-electron chi connectivity index (χ0n) is 15.8. The first-order chi connectivity index (χ1) is 13.5. The average Bonchev–Trinajstić information content (AvgIpc) is 3.15. The number of ether oxygens (including phenoxy) is 1. The Labute approximate surface area is 168 Å². The number of amidine groups is 1. The van der Waals surface area contributed by atoms with Gasteiger partial charge >= 0.3 is 0 Å². The lowest BCUT2D eigenvalue weighted by Gasteiger charge is -2.28. The molecule has 0 fully saturated rings. The molecule has 3 aromatic rings. The Balaban J connectivity index is 1.69. The molecule has 0 unspecified atom stereocenters. The first kappa shape index (κ1) is 18.5. The molecule has 0 bridgehead atoms. The fraction of sp³-hybridized carbons (Fsp3) is 0.250. The molecule has 2 aromatic heterocycles. The largest absolute Gasteiger partial charge is 0.479 e. The van der Waals surface area contributed by atoms with Crippen LogP contribution in [-0.4, -0.2) is 33.6 Å². The van der Waals surface area contributed by atoms with E-state index in [0.717, 1.165) is 16.9 Å².